The summed E-state index contributed by atoms with van der Waals surface area (Å²) in [6, 6.07) is 0. The van der Waals surface area contributed by atoms with Gasteiger partial charge in [-0.25, -0.2) is 0 Å². The molecule has 0 aromatic heterocycles. The number of rotatable bonds is 15. The van der Waals surface area contributed by atoms with Gasteiger partial charge in [-0.3, -0.25) is 4.79 Å². The first-order valence-electron chi connectivity index (χ1n) is 9.06. The first kappa shape index (κ1) is 21.6. The number of allylic oxidation sites excluding steroid dienone is 6. The van der Waals surface area contributed by atoms with Crippen molar-refractivity contribution in [1.29, 1.82) is 0 Å². The number of aliphatic hydroxyl groups is 1. The van der Waals surface area contributed by atoms with Crippen molar-refractivity contribution in [2.45, 2.75) is 71.1 Å². The van der Waals surface area contributed by atoms with E-state index < -0.39 is 0 Å². The number of esters is 1. The summed E-state index contributed by atoms with van der Waals surface area (Å²) < 4.78 is 4.80. The maximum atomic E-state index is 11.2. The highest BCUT2D eigenvalue weighted by atomic mass is 16.5. The zero-order chi connectivity index (χ0) is 17.0. The number of unbranched alkanes of at least 4 members (excludes halogenated alkanes) is 7. The fourth-order valence-corrected chi connectivity index (χ4v) is 2.09. The van der Waals surface area contributed by atoms with Gasteiger partial charge in [0.2, 0.25) is 0 Å². The Balaban J connectivity index is 3.32. The molecule has 3 nitrogen and oxygen atoms in total. The number of aliphatic hydroxyl groups excluding tert-OH is 1. The molecule has 1 N–H and O–H groups in total. The van der Waals surface area contributed by atoms with E-state index in [0.717, 1.165) is 25.7 Å². The lowest BCUT2D eigenvalue weighted by Crippen LogP contribution is -2.07. The van der Waals surface area contributed by atoms with E-state index in [1.165, 1.54) is 32.1 Å². The van der Waals surface area contributed by atoms with Crippen molar-refractivity contribution in [2.75, 3.05) is 13.2 Å². The molecule has 3 heteroatoms. The average molecular weight is 322 g/mol. The summed E-state index contributed by atoms with van der Waals surface area (Å²) >= 11 is 0. The van der Waals surface area contributed by atoms with E-state index >= 15 is 0 Å². The van der Waals surface area contributed by atoms with Gasteiger partial charge >= 0.3 is 5.97 Å². The van der Waals surface area contributed by atoms with Crippen LogP contribution >= 0.6 is 0 Å². The summed E-state index contributed by atoms with van der Waals surface area (Å²) in [5.74, 6) is -0.197. The lowest BCUT2D eigenvalue weighted by molar-refractivity contribution is -0.144. The molecule has 0 rings (SSSR count). The van der Waals surface area contributed by atoms with E-state index in [2.05, 4.69) is 43.4 Å². The highest BCUT2D eigenvalue weighted by Gasteiger charge is 2.01. The van der Waals surface area contributed by atoms with Crippen LogP contribution in [0.4, 0.5) is 0 Å². The van der Waals surface area contributed by atoms with Gasteiger partial charge in [0.05, 0.1) is 6.61 Å². The van der Waals surface area contributed by atoms with Gasteiger partial charge < -0.3 is 9.84 Å². The van der Waals surface area contributed by atoms with Crippen molar-refractivity contribution < 1.29 is 14.6 Å². The minimum absolute atomic E-state index is 0.0937. The summed E-state index contributed by atoms with van der Waals surface area (Å²) in [4.78, 5) is 11.2. The molecule has 0 unspecified atom stereocenters. The SMILES string of the molecule is CCCCC=CC=CC=CCCCCCCCC(=O)OCCO. The zero-order valence-corrected chi connectivity index (χ0v) is 14.7. The van der Waals surface area contributed by atoms with Crippen molar-refractivity contribution in [3.8, 4) is 0 Å². The van der Waals surface area contributed by atoms with Crippen LogP contribution in [-0.2, 0) is 9.53 Å². The second-order valence-electron chi connectivity index (χ2n) is 5.63. The van der Waals surface area contributed by atoms with Crippen LogP contribution in [0.3, 0.4) is 0 Å². The van der Waals surface area contributed by atoms with Gasteiger partial charge in [0.1, 0.15) is 6.61 Å². The summed E-state index contributed by atoms with van der Waals surface area (Å²) in [6.45, 7) is 2.23. The van der Waals surface area contributed by atoms with Gasteiger partial charge in [-0.2, -0.15) is 0 Å². The Hall–Kier alpha value is -1.35. The molecule has 0 radical (unpaired) electrons. The fraction of sp³-hybridized carbons (Fsp3) is 0.650. The third-order valence-electron chi connectivity index (χ3n) is 3.44. The maximum absolute atomic E-state index is 11.2. The predicted molar refractivity (Wildman–Crippen MR) is 97.3 cm³/mol. The fourth-order valence-electron chi connectivity index (χ4n) is 2.09. The van der Waals surface area contributed by atoms with E-state index in [0.29, 0.717) is 6.42 Å². The topological polar surface area (TPSA) is 46.5 Å². The molecule has 0 saturated heterocycles. The predicted octanol–water partition coefficient (Wildman–Crippen LogP) is 5.11. The Bertz CT molecular complexity index is 343. The number of carbonyl (C=O) groups excluding carboxylic acids is 1. The van der Waals surface area contributed by atoms with E-state index in [1.807, 2.05) is 0 Å². The average Bonchev–Trinajstić information content (AvgIpc) is 2.56. The number of ether oxygens (including phenoxy) is 1. The normalized spacial score (nSPS) is 11.9. The van der Waals surface area contributed by atoms with Crippen LogP contribution in [0.25, 0.3) is 0 Å². The van der Waals surface area contributed by atoms with Crippen molar-refractivity contribution in [3.63, 3.8) is 0 Å². The zero-order valence-electron chi connectivity index (χ0n) is 14.7. The second kappa shape index (κ2) is 18.7. The van der Waals surface area contributed by atoms with Crippen molar-refractivity contribution >= 4 is 5.97 Å². The van der Waals surface area contributed by atoms with Gasteiger partial charge in [0, 0.05) is 6.42 Å². The smallest absolute Gasteiger partial charge is 0.305 e. The standard InChI is InChI=1S/C20H34O3/c1-2-3-4-5-6-7-8-9-10-11-12-13-14-15-16-17-20(22)23-19-18-21/h5-10,21H,2-4,11-19H2,1H3. The molecule has 0 saturated carbocycles. The third kappa shape index (κ3) is 18.6. The van der Waals surface area contributed by atoms with Crippen LogP contribution in [0.15, 0.2) is 36.5 Å². The van der Waals surface area contributed by atoms with Crippen LogP contribution < -0.4 is 0 Å². The molecule has 0 bridgehead atoms. The molecule has 0 aliphatic carbocycles. The lowest BCUT2D eigenvalue weighted by Gasteiger charge is -2.02. The van der Waals surface area contributed by atoms with Crippen molar-refractivity contribution in [3.05, 3.63) is 36.5 Å². The number of carbonyl (C=O) groups is 1. The van der Waals surface area contributed by atoms with E-state index in [9.17, 15) is 4.79 Å². The molecule has 0 aromatic carbocycles. The molecule has 23 heavy (non-hydrogen) atoms. The van der Waals surface area contributed by atoms with E-state index in [-0.39, 0.29) is 19.2 Å². The third-order valence-corrected chi connectivity index (χ3v) is 3.44. The summed E-state index contributed by atoms with van der Waals surface area (Å²) in [5.41, 5.74) is 0. The molecule has 0 aliphatic rings. The van der Waals surface area contributed by atoms with Crippen molar-refractivity contribution in [2.24, 2.45) is 0 Å². The molecule has 132 valence electrons. The van der Waals surface area contributed by atoms with Crippen LogP contribution in [0.1, 0.15) is 71.1 Å². The van der Waals surface area contributed by atoms with Gasteiger partial charge in [-0.15, -0.1) is 0 Å². The summed E-state index contributed by atoms with van der Waals surface area (Å²) in [5, 5.41) is 8.53. The summed E-state index contributed by atoms with van der Waals surface area (Å²) in [6.07, 6.45) is 23.6. The minimum Gasteiger partial charge on any atom is -0.463 e. The van der Waals surface area contributed by atoms with Crippen molar-refractivity contribution in [1.82, 2.24) is 0 Å². The second-order valence-corrected chi connectivity index (χ2v) is 5.63. The highest BCUT2D eigenvalue weighted by Crippen LogP contribution is 2.08. The number of hydrogen-bond donors (Lipinski definition) is 1. The highest BCUT2D eigenvalue weighted by molar-refractivity contribution is 5.69. The van der Waals surface area contributed by atoms with E-state index in [1.54, 1.807) is 0 Å². The van der Waals surface area contributed by atoms with Gasteiger partial charge in [0.25, 0.3) is 0 Å². The van der Waals surface area contributed by atoms with Crippen LogP contribution in [0.5, 0.6) is 0 Å². The Morgan fingerprint density at radius 3 is 2.13 bits per heavy atom. The Morgan fingerprint density at radius 1 is 0.870 bits per heavy atom. The Labute approximate surface area is 142 Å². The molecule has 0 fully saturated rings. The Morgan fingerprint density at radius 2 is 1.48 bits per heavy atom. The first-order valence-corrected chi connectivity index (χ1v) is 9.06. The van der Waals surface area contributed by atoms with Crippen LogP contribution in [0, 0.1) is 0 Å². The summed E-state index contributed by atoms with van der Waals surface area (Å²) in [7, 11) is 0. The van der Waals surface area contributed by atoms with Crippen LogP contribution in [-0.4, -0.2) is 24.3 Å². The lowest BCUT2D eigenvalue weighted by atomic mass is 10.1. The monoisotopic (exact) mass is 322 g/mol. The first-order chi connectivity index (χ1) is 11.3. The minimum atomic E-state index is -0.197. The van der Waals surface area contributed by atoms with E-state index in [4.69, 9.17) is 9.84 Å². The van der Waals surface area contributed by atoms with Crippen LogP contribution in [0.2, 0.25) is 0 Å². The van der Waals surface area contributed by atoms with Gasteiger partial charge in [-0.05, 0) is 25.7 Å². The quantitative estimate of drug-likeness (QED) is 0.259. The molecular weight excluding hydrogens is 288 g/mol. The molecule has 0 heterocycles. The number of hydrogen-bond acceptors (Lipinski definition) is 3. The van der Waals surface area contributed by atoms with Gasteiger partial charge in [0.15, 0.2) is 0 Å². The molecule has 0 amide bonds. The molecule has 0 spiro atoms. The molecule has 0 aliphatic heterocycles. The Kier molecular flexibility index (Phi) is 17.6. The molecule has 0 aromatic rings. The van der Waals surface area contributed by atoms with Gasteiger partial charge in [-0.1, -0.05) is 75.5 Å². The molecular formula is C20H34O3. The largest absolute Gasteiger partial charge is 0.463 e. The maximum Gasteiger partial charge on any atom is 0.305 e. The molecule has 0 atom stereocenters.